The molecule has 1 aromatic heterocycles. The number of piperidine rings is 2. The maximum atomic E-state index is 12.9. The second kappa shape index (κ2) is 10.5. The number of halogens is 3. The van der Waals surface area contributed by atoms with Crippen molar-refractivity contribution in [3.8, 4) is 0 Å². The van der Waals surface area contributed by atoms with Crippen LogP contribution in [0.15, 0.2) is 42.6 Å². The van der Waals surface area contributed by atoms with Crippen LogP contribution in [0.3, 0.4) is 0 Å². The van der Waals surface area contributed by atoms with Crippen molar-refractivity contribution >= 4 is 29.0 Å². The van der Waals surface area contributed by atoms with Crippen LogP contribution in [-0.2, 0) is 16.1 Å². The molecule has 2 fully saturated rings. The zero-order valence-corrected chi connectivity index (χ0v) is 19.6. The van der Waals surface area contributed by atoms with Crippen LogP contribution < -0.4 is 15.5 Å². The lowest BCUT2D eigenvalue weighted by molar-refractivity contribution is -0.179. The van der Waals surface area contributed by atoms with Gasteiger partial charge in [-0.3, -0.25) is 9.59 Å². The van der Waals surface area contributed by atoms with Gasteiger partial charge in [-0.1, -0.05) is 12.1 Å². The molecular formula is C25H30F3N5O2. The number of pyridine rings is 1. The fourth-order valence-electron chi connectivity index (χ4n) is 4.52. The molecule has 7 nitrogen and oxygen atoms in total. The Bertz CT molecular complexity index is 1020. The molecule has 1 aromatic carbocycles. The molecule has 35 heavy (non-hydrogen) atoms. The molecule has 2 aliphatic rings. The second-order valence-electron chi connectivity index (χ2n) is 9.26. The number of hydrogen-bond acceptors (Lipinski definition) is 5. The fraction of sp³-hybridized carbons (Fsp3) is 0.480. The van der Waals surface area contributed by atoms with Gasteiger partial charge >= 0.3 is 6.18 Å². The highest BCUT2D eigenvalue weighted by Crippen LogP contribution is 2.35. The quantitative estimate of drug-likeness (QED) is 0.639. The molecule has 0 aliphatic carbocycles. The van der Waals surface area contributed by atoms with Crippen LogP contribution in [0.25, 0.3) is 0 Å². The summed E-state index contributed by atoms with van der Waals surface area (Å²) in [5, 5.41) is 6.21. The summed E-state index contributed by atoms with van der Waals surface area (Å²) in [5.74, 6) is -0.690. The van der Waals surface area contributed by atoms with E-state index in [0.29, 0.717) is 44.8 Å². The first kappa shape index (κ1) is 24.8. The van der Waals surface area contributed by atoms with Gasteiger partial charge in [-0.05, 0) is 49.1 Å². The number of carbonyl (C=O) groups is 2. The van der Waals surface area contributed by atoms with Gasteiger partial charge < -0.3 is 20.4 Å². The van der Waals surface area contributed by atoms with Gasteiger partial charge in [-0.25, -0.2) is 4.98 Å². The Balaban J connectivity index is 1.24. The van der Waals surface area contributed by atoms with E-state index in [1.54, 1.807) is 18.1 Å². The van der Waals surface area contributed by atoms with E-state index in [1.807, 2.05) is 41.3 Å². The van der Waals surface area contributed by atoms with Gasteiger partial charge in [0.15, 0.2) is 0 Å². The van der Waals surface area contributed by atoms with E-state index >= 15 is 0 Å². The van der Waals surface area contributed by atoms with Gasteiger partial charge in [-0.2, -0.15) is 13.2 Å². The van der Waals surface area contributed by atoms with Crippen molar-refractivity contribution in [2.45, 2.75) is 38.4 Å². The summed E-state index contributed by atoms with van der Waals surface area (Å²) < 4.78 is 38.6. The first-order chi connectivity index (χ1) is 16.7. The largest absolute Gasteiger partial charge is 0.391 e. The van der Waals surface area contributed by atoms with Crippen LogP contribution in [0.1, 0.15) is 31.2 Å². The summed E-state index contributed by atoms with van der Waals surface area (Å²) in [5.41, 5.74) is 2.59. The molecule has 0 radical (unpaired) electrons. The molecule has 2 aromatic rings. The molecule has 188 valence electrons. The van der Waals surface area contributed by atoms with E-state index < -0.39 is 12.1 Å². The third kappa shape index (κ3) is 6.43. The Labute approximate surface area is 202 Å². The lowest BCUT2D eigenvalue weighted by atomic mass is 9.96. The molecule has 2 amide bonds. The van der Waals surface area contributed by atoms with Gasteiger partial charge in [-0.15, -0.1) is 0 Å². The molecule has 0 saturated carbocycles. The topological polar surface area (TPSA) is 77.6 Å². The molecule has 0 bridgehead atoms. The van der Waals surface area contributed by atoms with Crippen LogP contribution in [0.4, 0.5) is 30.4 Å². The minimum absolute atomic E-state index is 0.0413. The number of carbonyl (C=O) groups excluding carboxylic acids is 2. The fourth-order valence-corrected chi connectivity index (χ4v) is 4.52. The first-order valence-electron chi connectivity index (χ1n) is 11.8. The predicted octanol–water partition coefficient (Wildman–Crippen LogP) is 4.09. The molecular weight excluding hydrogens is 459 g/mol. The van der Waals surface area contributed by atoms with E-state index in [4.69, 9.17) is 0 Å². The van der Waals surface area contributed by atoms with Crippen LogP contribution in [0, 0.1) is 11.8 Å². The predicted molar refractivity (Wildman–Crippen MR) is 127 cm³/mol. The minimum Gasteiger partial charge on any atom is -0.357 e. The average Bonchev–Trinajstić information content (AvgIpc) is 2.85. The van der Waals surface area contributed by atoms with E-state index in [9.17, 15) is 22.8 Å². The van der Waals surface area contributed by atoms with Crippen molar-refractivity contribution in [2.75, 3.05) is 36.9 Å². The average molecular weight is 490 g/mol. The van der Waals surface area contributed by atoms with Gasteiger partial charge in [0.1, 0.15) is 5.82 Å². The third-order valence-corrected chi connectivity index (χ3v) is 6.74. The molecule has 2 aliphatic heterocycles. The van der Waals surface area contributed by atoms with Gasteiger partial charge in [0, 0.05) is 45.3 Å². The van der Waals surface area contributed by atoms with E-state index in [2.05, 4.69) is 15.6 Å². The Kier molecular flexibility index (Phi) is 7.47. The number of nitrogens with one attached hydrogen (secondary N) is 2. The molecule has 3 heterocycles. The van der Waals surface area contributed by atoms with Crippen molar-refractivity contribution in [3.63, 3.8) is 0 Å². The highest BCUT2D eigenvalue weighted by Gasteiger charge is 2.41. The molecule has 4 rings (SSSR count). The van der Waals surface area contributed by atoms with Crippen LogP contribution in [0.5, 0.6) is 0 Å². The number of benzene rings is 1. The van der Waals surface area contributed by atoms with Crippen molar-refractivity contribution < 1.29 is 22.8 Å². The maximum absolute atomic E-state index is 12.9. The van der Waals surface area contributed by atoms with Crippen molar-refractivity contribution in [2.24, 2.45) is 11.8 Å². The highest BCUT2D eigenvalue weighted by molar-refractivity contribution is 5.83. The third-order valence-electron chi connectivity index (χ3n) is 6.74. The summed E-state index contributed by atoms with van der Waals surface area (Å²) in [4.78, 5) is 31.9. The standard InChI is InChI=1S/C25H30F3N5O2/c1-32-16-18(4-9-23(32)34)24(35)30-14-17-2-5-20(6-3-17)31-21-7-8-22(29-15-21)33-12-10-19(11-13-33)25(26,27)28/h2-3,5-8,15,18-19,31H,4,9-14,16H2,1H3,(H,30,35). The first-order valence-corrected chi connectivity index (χ1v) is 11.8. The van der Waals surface area contributed by atoms with E-state index in [0.717, 1.165) is 16.9 Å². The molecule has 1 atom stereocenters. The van der Waals surface area contributed by atoms with Crippen LogP contribution in [-0.4, -0.2) is 54.6 Å². The highest BCUT2D eigenvalue weighted by atomic mass is 19.4. The number of alkyl halides is 3. The van der Waals surface area contributed by atoms with Crippen molar-refractivity contribution in [1.29, 1.82) is 0 Å². The number of anilines is 3. The summed E-state index contributed by atoms with van der Waals surface area (Å²) in [6.07, 6.45) is -1.28. The van der Waals surface area contributed by atoms with Crippen LogP contribution >= 0.6 is 0 Å². The van der Waals surface area contributed by atoms with Gasteiger partial charge in [0.05, 0.1) is 23.7 Å². The van der Waals surface area contributed by atoms with Crippen LogP contribution in [0.2, 0.25) is 0 Å². The Hall–Kier alpha value is -3.30. The summed E-state index contributed by atoms with van der Waals surface area (Å²) in [6, 6.07) is 11.3. The lowest BCUT2D eigenvalue weighted by Gasteiger charge is -2.33. The second-order valence-corrected chi connectivity index (χ2v) is 9.26. The summed E-state index contributed by atoms with van der Waals surface area (Å²) in [6.45, 7) is 1.55. The van der Waals surface area contributed by atoms with Gasteiger partial charge in [0.25, 0.3) is 0 Å². The minimum atomic E-state index is -4.12. The smallest absolute Gasteiger partial charge is 0.357 e. The SMILES string of the molecule is CN1CC(C(=O)NCc2ccc(Nc3ccc(N4CCC(C(F)(F)F)CC4)nc3)cc2)CCC1=O. The van der Waals surface area contributed by atoms with E-state index in [1.165, 1.54) is 0 Å². The molecule has 2 saturated heterocycles. The Morgan fingerprint density at radius 1 is 1.06 bits per heavy atom. The molecule has 10 heteroatoms. The van der Waals surface area contributed by atoms with E-state index in [-0.39, 0.29) is 30.6 Å². The summed E-state index contributed by atoms with van der Waals surface area (Å²) in [7, 11) is 1.72. The number of aromatic nitrogens is 1. The number of likely N-dealkylation sites (tertiary alicyclic amines) is 1. The number of amides is 2. The van der Waals surface area contributed by atoms with Crippen molar-refractivity contribution in [1.82, 2.24) is 15.2 Å². The Morgan fingerprint density at radius 2 is 1.74 bits per heavy atom. The van der Waals surface area contributed by atoms with Gasteiger partial charge in [0.2, 0.25) is 11.8 Å². The normalized spacial score (nSPS) is 19.5. The number of rotatable bonds is 6. The zero-order chi connectivity index (χ0) is 25.0. The van der Waals surface area contributed by atoms with Crippen molar-refractivity contribution in [3.05, 3.63) is 48.2 Å². The number of nitrogens with zero attached hydrogens (tertiary/aromatic N) is 3. The molecule has 0 spiro atoms. The molecule has 2 N–H and O–H groups in total. The zero-order valence-electron chi connectivity index (χ0n) is 19.6. The maximum Gasteiger partial charge on any atom is 0.391 e. The molecule has 1 unspecified atom stereocenters. The summed E-state index contributed by atoms with van der Waals surface area (Å²) >= 11 is 0. The monoisotopic (exact) mass is 489 g/mol. The lowest BCUT2D eigenvalue weighted by Crippen LogP contribution is -2.43. The Morgan fingerprint density at radius 3 is 2.34 bits per heavy atom. The number of hydrogen-bond donors (Lipinski definition) is 2.